The van der Waals surface area contributed by atoms with Crippen LogP contribution in [0.4, 0.5) is 11.4 Å². The quantitative estimate of drug-likeness (QED) is 0.702. The third kappa shape index (κ3) is 4.64. The summed E-state index contributed by atoms with van der Waals surface area (Å²) in [7, 11) is 0. The van der Waals surface area contributed by atoms with Crippen LogP contribution in [-0.4, -0.2) is 60.6 Å². The Morgan fingerprint density at radius 3 is 2.34 bits per heavy atom. The summed E-state index contributed by atoms with van der Waals surface area (Å²) >= 11 is 0. The molecule has 0 radical (unpaired) electrons. The van der Waals surface area contributed by atoms with Gasteiger partial charge in [0.05, 0.1) is 11.3 Å². The summed E-state index contributed by atoms with van der Waals surface area (Å²) in [6.45, 7) is 4.11. The van der Waals surface area contributed by atoms with Crippen molar-refractivity contribution in [2.75, 3.05) is 36.4 Å². The standard InChI is InChI=1S/C24H26N4O4/c1-16(29)17-6-8-18(9-7-17)27-12-14-28(15-13-27)22(30)11-10-21-24(32)25-20-5-3-2-4-19(20)23(31)26-21/h2-9,21H,10-15H2,1H3,(H,25,32)(H,26,31). The number of hydrogen-bond acceptors (Lipinski definition) is 5. The van der Waals surface area contributed by atoms with E-state index in [1.807, 2.05) is 24.3 Å². The van der Waals surface area contributed by atoms with Gasteiger partial charge in [0.25, 0.3) is 5.91 Å². The van der Waals surface area contributed by atoms with E-state index in [0.717, 1.165) is 5.69 Å². The molecule has 2 aromatic carbocycles. The van der Waals surface area contributed by atoms with E-state index in [9.17, 15) is 19.2 Å². The molecule has 2 heterocycles. The Balaban J connectivity index is 1.28. The number of anilines is 2. The largest absolute Gasteiger partial charge is 0.368 e. The normalized spacial score (nSPS) is 18.3. The Morgan fingerprint density at radius 1 is 0.969 bits per heavy atom. The molecule has 1 unspecified atom stereocenters. The average molecular weight is 434 g/mol. The molecule has 166 valence electrons. The highest BCUT2D eigenvalue weighted by Crippen LogP contribution is 2.21. The lowest BCUT2D eigenvalue weighted by Crippen LogP contribution is -2.49. The van der Waals surface area contributed by atoms with Gasteiger partial charge >= 0.3 is 0 Å². The van der Waals surface area contributed by atoms with Gasteiger partial charge in [-0.2, -0.15) is 0 Å². The number of hydrogen-bond donors (Lipinski definition) is 2. The van der Waals surface area contributed by atoms with Crippen molar-refractivity contribution in [3.63, 3.8) is 0 Å². The summed E-state index contributed by atoms with van der Waals surface area (Å²) in [6, 6.07) is 13.6. The van der Waals surface area contributed by atoms with Crippen LogP contribution in [0.5, 0.6) is 0 Å². The van der Waals surface area contributed by atoms with Crippen LogP contribution in [0.1, 0.15) is 40.5 Å². The zero-order valence-corrected chi connectivity index (χ0v) is 18.0. The van der Waals surface area contributed by atoms with Crippen LogP contribution in [0.3, 0.4) is 0 Å². The first-order valence-corrected chi connectivity index (χ1v) is 10.8. The predicted octanol–water partition coefficient (Wildman–Crippen LogP) is 2.07. The lowest BCUT2D eigenvalue weighted by atomic mass is 10.1. The Labute approximate surface area is 186 Å². The summed E-state index contributed by atoms with van der Waals surface area (Å²) in [5.41, 5.74) is 2.61. The fourth-order valence-electron chi connectivity index (χ4n) is 4.06. The topological polar surface area (TPSA) is 98.8 Å². The number of fused-ring (bicyclic) bond motifs is 1. The van der Waals surface area contributed by atoms with Crippen LogP contribution in [0.2, 0.25) is 0 Å². The van der Waals surface area contributed by atoms with Crippen molar-refractivity contribution < 1.29 is 19.2 Å². The molecule has 1 atom stereocenters. The van der Waals surface area contributed by atoms with Crippen molar-refractivity contribution in [2.24, 2.45) is 0 Å². The zero-order valence-electron chi connectivity index (χ0n) is 18.0. The van der Waals surface area contributed by atoms with Crippen LogP contribution in [0, 0.1) is 0 Å². The van der Waals surface area contributed by atoms with Crippen molar-refractivity contribution in [1.82, 2.24) is 10.2 Å². The molecule has 1 fully saturated rings. The van der Waals surface area contributed by atoms with Gasteiger partial charge in [-0.3, -0.25) is 19.2 Å². The van der Waals surface area contributed by atoms with Gasteiger partial charge in [0.1, 0.15) is 6.04 Å². The molecule has 0 bridgehead atoms. The number of nitrogens with one attached hydrogen (secondary N) is 2. The highest BCUT2D eigenvalue weighted by molar-refractivity contribution is 6.09. The summed E-state index contributed by atoms with van der Waals surface area (Å²) in [5.74, 6) is -0.620. The molecule has 4 rings (SSSR count). The summed E-state index contributed by atoms with van der Waals surface area (Å²) in [4.78, 5) is 53.1. The Hall–Kier alpha value is -3.68. The van der Waals surface area contributed by atoms with Crippen molar-refractivity contribution in [2.45, 2.75) is 25.8 Å². The summed E-state index contributed by atoms with van der Waals surface area (Å²) in [5, 5.41) is 5.50. The van der Waals surface area contributed by atoms with Gasteiger partial charge in [0.15, 0.2) is 5.78 Å². The molecule has 2 aliphatic rings. The molecule has 0 aliphatic carbocycles. The van der Waals surface area contributed by atoms with Crippen molar-refractivity contribution in [1.29, 1.82) is 0 Å². The van der Waals surface area contributed by atoms with E-state index in [-0.39, 0.29) is 36.3 Å². The van der Waals surface area contributed by atoms with Crippen molar-refractivity contribution >= 4 is 34.9 Å². The lowest BCUT2D eigenvalue weighted by Gasteiger charge is -2.36. The molecule has 2 aromatic rings. The minimum absolute atomic E-state index is 0.0274. The molecular weight excluding hydrogens is 408 g/mol. The van der Waals surface area contributed by atoms with Gasteiger partial charge in [0, 0.05) is 43.9 Å². The van der Waals surface area contributed by atoms with Gasteiger partial charge in [0.2, 0.25) is 11.8 Å². The van der Waals surface area contributed by atoms with Gasteiger partial charge in [-0.25, -0.2) is 0 Å². The Morgan fingerprint density at radius 2 is 1.66 bits per heavy atom. The Kier molecular flexibility index (Phi) is 6.20. The number of amides is 3. The van der Waals surface area contributed by atoms with Gasteiger partial charge < -0.3 is 20.4 Å². The average Bonchev–Trinajstić information content (AvgIpc) is 2.93. The first-order valence-electron chi connectivity index (χ1n) is 10.8. The van der Waals surface area contributed by atoms with Crippen LogP contribution in [0.15, 0.2) is 48.5 Å². The molecule has 2 N–H and O–H groups in total. The van der Waals surface area contributed by atoms with Crippen molar-refractivity contribution in [3.05, 3.63) is 59.7 Å². The van der Waals surface area contributed by atoms with E-state index >= 15 is 0 Å². The van der Waals surface area contributed by atoms with Gasteiger partial charge in [-0.15, -0.1) is 0 Å². The number of para-hydroxylation sites is 1. The molecule has 1 saturated heterocycles. The van der Waals surface area contributed by atoms with Crippen LogP contribution in [-0.2, 0) is 9.59 Å². The number of piperazine rings is 1. The lowest BCUT2D eigenvalue weighted by molar-refractivity contribution is -0.131. The second-order valence-electron chi connectivity index (χ2n) is 8.07. The summed E-state index contributed by atoms with van der Waals surface area (Å²) < 4.78 is 0. The number of carbonyl (C=O) groups is 4. The SMILES string of the molecule is CC(=O)c1ccc(N2CCN(C(=O)CCC3NC(=O)c4ccccc4NC3=O)CC2)cc1. The summed E-state index contributed by atoms with van der Waals surface area (Å²) in [6.07, 6.45) is 0.430. The molecule has 8 heteroatoms. The van der Waals surface area contributed by atoms with Gasteiger partial charge in [-0.05, 0) is 49.7 Å². The van der Waals surface area contributed by atoms with E-state index in [4.69, 9.17) is 0 Å². The fraction of sp³-hybridized carbons (Fsp3) is 0.333. The Bertz CT molecular complexity index is 1040. The first kappa shape index (κ1) is 21.5. The minimum atomic E-state index is -0.750. The number of carbonyl (C=O) groups excluding carboxylic acids is 4. The third-order valence-corrected chi connectivity index (χ3v) is 5.97. The maximum Gasteiger partial charge on any atom is 0.254 e. The highest BCUT2D eigenvalue weighted by Gasteiger charge is 2.29. The molecule has 0 saturated carbocycles. The number of ketones is 1. The fourth-order valence-corrected chi connectivity index (χ4v) is 4.06. The number of nitrogens with zero attached hydrogens (tertiary/aromatic N) is 2. The molecular formula is C24H26N4O4. The second-order valence-corrected chi connectivity index (χ2v) is 8.07. The molecule has 0 aromatic heterocycles. The van der Waals surface area contributed by atoms with E-state index in [1.165, 1.54) is 0 Å². The second kappa shape index (κ2) is 9.21. The first-order chi connectivity index (χ1) is 15.4. The van der Waals surface area contributed by atoms with E-state index < -0.39 is 6.04 Å². The van der Waals surface area contributed by atoms with Crippen molar-refractivity contribution in [3.8, 4) is 0 Å². The maximum absolute atomic E-state index is 12.7. The highest BCUT2D eigenvalue weighted by atomic mass is 16.2. The number of Topliss-reactive ketones (excluding diaryl/α,β-unsaturated/α-hetero) is 1. The van der Waals surface area contributed by atoms with E-state index in [0.29, 0.717) is 43.0 Å². The zero-order chi connectivity index (χ0) is 22.7. The van der Waals surface area contributed by atoms with E-state index in [1.54, 1.807) is 36.1 Å². The van der Waals surface area contributed by atoms with Crippen LogP contribution in [0.25, 0.3) is 0 Å². The molecule has 0 spiro atoms. The smallest absolute Gasteiger partial charge is 0.254 e. The number of benzene rings is 2. The minimum Gasteiger partial charge on any atom is -0.368 e. The third-order valence-electron chi connectivity index (χ3n) is 5.97. The molecule has 8 nitrogen and oxygen atoms in total. The molecule has 3 amide bonds. The predicted molar refractivity (Wildman–Crippen MR) is 121 cm³/mol. The van der Waals surface area contributed by atoms with E-state index in [2.05, 4.69) is 15.5 Å². The maximum atomic E-state index is 12.7. The number of rotatable bonds is 5. The van der Waals surface area contributed by atoms with Crippen LogP contribution >= 0.6 is 0 Å². The van der Waals surface area contributed by atoms with Crippen LogP contribution < -0.4 is 15.5 Å². The molecule has 32 heavy (non-hydrogen) atoms. The van der Waals surface area contributed by atoms with Gasteiger partial charge in [-0.1, -0.05) is 12.1 Å². The molecule has 2 aliphatic heterocycles. The monoisotopic (exact) mass is 434 g/mol.